The van der Waals surface area contributed by atoms with Gasteiger partial charge in [0, 0.05) is 23.5 Å². The van der Waals surface area contributed by atoms with E-state index in [0.29, 0.717) is 18.7 Å². The molecule has 6 heteroatoms. The molecule has 4 rings (SSSR count). The van der Waals surface area contributed by atoms with Gasteiger partial charge in [0.05, 0.1) is 0 Å². The first-order valence-corrected chi connectivity index (χ1v) is 14.3. The third-order valence-electron chi connectivity index (χ3n) is 7.02. The van der Waals surface area contributed by atoms with E-state index in [1.165, 1.54) is 6.42 Å². The van der Waals surface area contributed by atoms with Crippen LogP contribution in [0.4, 0.5) is 0 Å². The zero-order valence-electron chi connectivity index (χ0n) is 22.3. The maximum atomic E-state index is 13.8. The first-order valence-electron chi connectivity index (χ1n) is 13.5. The number of ether oxygens (including phenoxy) is 1. The highest BCUT2D eigenvalue weighted by Gasteiger charge is 2.32. The van der Waals surface area contributed by atoms with Crippen LogP contribution in [0.3, 0.4) is 0 Å². The molecule has 1 fully saturated rings. The highest BCUT2D eigenvalue weighted by Crippen LogP contribution is 2.22. The number of halogens is 1. The maximum absolute atomic E-state index is 13.8. The standard InChI is InChI=1S/C32H37BrN2O3/c1-23-16-24(2)18-29(17-23)38-22-31(36)35(21-26-12-9-13-27(33)19-26)30(20-25-10-5-3-6-11-25)32(37)34-28-14-7-4-8-15-28/h3,5-6,9-13,16-19,28,30H,4,7-8,14-15,20-22H2,1-2H3,(H,34,37)/t30-/m1/s1. The number of nitrogens with zero attached hydrogens (tertiary/aromatic N) is 1. The van der Waals surface area contributed by atoms with Crippen LogP contribution in [-0.2, 0) is 22.6 Å². The molecule has 0 aromatic heterocycles. The van der Waals surface area contributed by atoms with Crippen LogP contribution >= 0.6 is 15.9 Å². The summed E-state index contributed by atoms with van der Waals surface area (Å²) in [6.07, 6.45) is 5.86. The third kappa shape index (κ3) is 8.19. The Bertz CT molecular complexity index is 1200. The van der Waals surface area contributed by atoms with Crippen LogP contribution in [0.25, 0.3) is 0 Å². The summed E-state index contributed by atoms with van der Waals surface area (Å²) in [4.78, 5) is 29.3. The second-order valence-electron chi connectivity index (χ2n) is 10.3. The average Bonchev–Trinajstić information content (AvgIpc) is 2.90. The Morgan fingerprint density at radius 2 is 1.61 bits per heavy atom. The zero-order chi connectivity index (χ0) is 26.9. The Kier molecular flexibility index (Phi) is 9.99. The summed E-state index contributed by atoms with van der Waals surface area (Å²) in [7, 11) is 0. The monoisotopic (exact) mass is 576 g/mol. The molecule has 0 unspecified atom stereocenters. The van der Waals surface area contributed by atoms with Crippen molar-refractivity contribution in [2.75, 3.05) is 6.61 Å². The van der Waals surface area contributed by atoms with Crippen molar-refractivity contribution in [2.24, 2.45) is 0 Å². The molecule has 1 aliphatic carbocycles. The van der Waals surface area contributed by atoms with Gasteiger partial charge in [-0.1, -0.05) is 83.7 Å². The molecule has 3 aromatic rings. The molecule has 1 saturated carbocycles. The Morgan fingerprint density at radius 1 is 0.921 bits per heavy atom. The van der Waals surface area contributed by atoms with Crippen LogP contribution in [0.5, 0.6) is 5.75 Å². The van der Waals surface area contributed by atoms with Gasteiger partial charge in [-0.2, -0.15) is 0 Å². The quantitative estimate of drug-likeness (QED) is 0.298. The second kappa shape index (κ2) is 13.6. The van der Waals surface area contributed by atoms with Gasteiger partial charge in [-0.15, -0.1) is 0 Å². The third-order valence-corrected chi connectivity index (χ3v) is 7.52. The number of rotatable bonds is 10. The fourth-order valence-electron chi connectivity index (χ4n) is 5.17. The zero-order valence-corrected chi connectivity index (χ0v) is 23.9. The van der Waals surface area contributed by atoms with Gasteiger partial charge in [0.2, 0.25) is 5.91 Å². The number of hydrogen-bond donors (Lipinski definition) is 1. The Labute approximate surface area is 234 Å². The van der Waals surface area contributed by atoms with Crippen LogP contribution in [0, 0.1) is 13.8 Å². The molecule has 0 saturated heterocycles. The lowest BCUT2D eigenvalue weighted by molar-refractivity contribution is -0.143. The smallest absolute Gasteiger partial charge is 0.261 e. The lowest BCUT2D eigenvalue weighted by Gasteiger charge is -2.33. The summed E-state index contributed by atoms with van der Waals surface area (Å²) in [5.74, 6) is 0.337. The van der Waals surface area contributed by atoms with Crippen LogP contribution in [0.1, 0.15) is 54.4 Å². The summed E-state index contributed by atoms with van der Waals surface area (Å²) in [6.45, 7) is 4.18. The van der Waals surface area contributed by atoms with Crippen LogP contribution in [0.15, 0.2) is 77.3 Å². The second-order valence-corrected chi connectivity index (χ2v) is 11.2. The number of aryl methyl sites for hydroxylation is 2. The summed E-state index contributed by atoms with van der Waals surface area (Å²) in [5, 5.41) is 3.28. The van der Waals surface area contributed by atoms with Crippen molar-refractivity contribution in [2.45, 2.75) is 71.0 Å². The normalized spacial score (nSPS) is 14.5. The highest BCUT2D eigenvalue weighted by atomic mass is 79.9. The predicted octanol–water partition coefficient (Wildman–Crippen LogP) is 6.53. The Balaban J connectivity index is 1.62. The number of carbonyl (C=O) groups is 2. The van der Waals surface area contributed by atoms with Crippen molar-refractivity contribution >= 4 is 27.7 Å². The first kappa shape index (κ1) is 27.9. The van der Waals surface area contributed by atoms with Gasteiger partial charge in [0.1, 0.15) is 11.8 Å². The van der Waals surface area contributed by atoms with Crippen LogP contribution in [0.2, 0.25) is 0 Å². The lowest BCUT2D eigenvalue weighted by atomic mass is 9.94. The fraction of sp³-hybridized carbons (Fsp3) is 0.375. The molecular weight excluding hydrogens is 540 g/mol. The molecule has 5 nitrogen and oxygen atoms in total. The van der Waals surface area contributed by atoms with Crippen molar-refractivity contribution in [3.63, 3.8) is 0 Å². The van der Waals surface area contributed by atoms with Crippen molar-refractivity contribution in [1.29, 1.82) is 0 Å². The maximum Gasteiger partial charge on any atom is 0.261 e. The van der Waals surface area contributed by atoms with E-state index in [2.05, 4.69) is 27.3 Å². The predicted molar refractivity (Wildman–Crippen MR) is 155 cm³/mol. The molecule has 38 heavy (non-hydrogen) atoms. The van der Waals surface area contributed by atoms with E-state index in [1.54, 1.807) is 4.90 Å². The molecule has 0 spiro atoms. The molecule has 0 aliphatic heterocycles. The number of amides is 2. The van der Waals surface area contributed by atoms with Gasteiger partial charge < -0.3 is 15.0 Å². The molecule has 1 N–H and O–H groups in total. The minimum absolute atomic E-state index is 0.101. The SMILES string of the molecule is Cc1cc(C)cc(OCC(=O)N(Cc2cccc(Br)c2)[C@H](Cc2ccccc2)C(=O)NC2CCCCC2)c1. The van der Waals surface area contributed by atoms with Gasteiger partial charge in [-0.3, -0.25) is 9.59 Å². The largest absolute Gasteiger partial charge is 0.484 e. The fourth-order valence-corrected chi connectivity index (χ4v) is 5.62. The van der Waals surface area contributed by atoms with Gasteiger partial charge in [0.25, 0.3) is 5.91 Å². The molecule has 200 valence electrons. The molecule has 0 radical (unpaired) electrons. The molecule has 0 heterocycles. The number of hydrogen-bond acceptors (Lipinski definition) is 3. The summed E-state index contributed by atoms with van der Waals surface area (Å²) in [5.41, 5.74) is 4.11. The minimum atomic E-state index is -0.659. The van der Waals surface area contributed by atoms with Crippen LogP contribution in [-0.4, -0.2) is 35.4 Å². The number of carbonyl (C=O) groups excluding carboxylic acids is 2. The lowest BCUT2D eigenvalue weighted by Crippen LogP contribution is -2.53. The van der Waals surface area contributed by atoms with Crippen molar-refractivity contribution < 1.29 is 14.3 Å². The van der Waals surface area contributed by atoms with E-state index in [0.717, 1.165) is 52.4 Å². The number of benzene rings is 3. The van der Waals surface area contributed by atoms with E-state index in [1.807, 2.05) is 80.6 Å². The minimum Gasteiger partial charge on any atom is -0.484 e. The molecule has 3 aromatic carbocycles. The molecular formula is C32H37BrN2O3. The van der Waals surface area contributed by atoms with Crippen molar-refractivity contribution in [1.82, 2.24) is 10.2 Å². The summed E-state index contributed by atoms with van der Waals surface area (Å²) < 4.78 is 6.90. The van der Waals surface area contributed by atoms with E-state index < -0.39 is 6.04 Å². The van der Waals surface area contributed by atoms with E-state index in [4.69, 9.17) is 4.74 Å². The topological polar surface area (TPSA) is 58.6 Å². The molecule has 1 aliphatic rings. The summed E-state index contributed by atoms with van der Waals surface area (Å²) >= 11 is 3.54. The van der Waals surface area contributed by atoms with Crippen molar-refractivity contribution in [3.8, 4) is 5.75 Å². The molecule has 2 amide bonds. The van der Waals surface area contributed by atoms with Gasteiger partial charge in [-0.25, -0.2) is 0 Å². The Morgan fingerprint density at radius 3 is 2.29 bits per heavy atom. The highest BCUT2D eigenvalue weighted by molar-refractivity contribution is 9.10. The van der Waals surface area contributed by atoms with E-state index in [-0.39, 0.29) is 24.5 Å². The summed E-state index contributed by atoms with van der Waals surface area (Å²) in [6, 6.07) is 23.2. The van der Waals surface area contributed by atoms with Gasteiger partial charge in [0.15, 0.2) is 6.61 Å². The van der Waals surface area contributed by atoms with Gasteiger partial charge >= 0.3 is 0 Å². The van der Waals surface area contributed by atoms with E-state index >= 15 is 0 Å². The van der Waals surface area contributed by atoms with Crippen molar-refractivity contribution in [3.05, 3.63) is 99.5 Å². The molecule has 1 atom stereocenters. The number of nitrogens with one attached hydrogen (secondary N) is 1. The van der Waals surface area contributed by atoms with Crippen LogP contribution < -0.4 is 10.1 Å². The average molecular weight is 578 g/mol. The van der Waals surface area contributed by atoms with E-state index in [9.17, 15) is 9.59 Å². The Hall–Kier alpha value is -3.12. The first-order chi connectivity index (χ1) is 18.4. The molecule has 0 bridgehead atoms. The van der Waals surface area contributed by atoms with Gasteiger partial charge in [-0.05, 0) is 73.2 Å².